The van der Waals surface area contributed by atoms with Gasteiger partial charge in [0.05, 0.1) is 71.1 Å². The number of carbonyl (C=O) groups is 8. The summed E-state index contributed by atoms with van der Waals surface area (Å²) in [5, 5.41) is 20.9. The summed E-state index contributed by atoms with van der Waals surface area (Å²) >= 11 is 0. The van der Waals surface area contributed by atoms with Crippen LogP contribution in [-0.2, 0) is 76.6 Å². The number of aromatic hydroxyl groups is 2. The largest absolute Gasteiger partial charge is 0.504 e. The second-order valence-corrected chi connectivity index (χ2v) is 18.0. The summed E-state index contributed by atoms with van der Waals surface area (Å²) in [6, 6.07) is 0. The summed E-state index contributed by atoms with van der Waals surface area (Å²) < 4.78 is 71.2. The Hall–Kier alpha value is -8.96. The van der Waals surface area contributed by atoms with E-state index in [1.807, 2.05) is 59.8 Å². The molecule has 0 unspecified atom stereocenters. The van der Waals surface area contributed by atoms with Crippen molar-refractivity contribution < 1.29 is 115 Å². The molecule has 0 aromatic heterocycles. The number of hydrogen-bond donors (Lipinski definition) is 2. The molecule has 2 N–H and O–H groups in total. The van der Waals surface area contributed by atoms with Gasteiger partial charge in [0.1, 0.15) is 25.7 Å². The van der Waals surface area contributed by atoms with E-state index in [2.05, 4.69) is 18.9 Å². The van der Waals surface area contributed by atoms with Gasteiger partial charge in [-0.05, 0) is 81.1 Å². The molecule has 0 spiro atoms. The number of ether oxygens (including phenoxy) is 14. The van der Waals surface area contributed by atoms with E-state index in [1.165, 1.54) is 56.9 Å². The highest BCUT2D eigenvalue weighted by atomic mass is 16.6. The zero-order chi connectivity index (χ0) is 63.4. The van der Waals surface area contributed by atoms with Crippen molar-refractivity contribution >= 4 is 47.8 Å². The molecule has 3 rings (SSSR count). The summed E-state index contributed by atoms with van der Waals surface area (Å²) in [5.41, 5.74) is 6.21. The van der Waals surface area contributed by atoms with Gasteiger partial charge in [0.2, 0.25) is 34.5 Å². The fraction of sp³-hybridized carbons (Fsp3) is 0.458. The molecule has 0 radical (unpaired) electrons. The van der Waals surface area contributed by atoms with E-state index in [-0.39, 0.29) is 75.4 Å². The normalized spacial score (nSPS) is 10.3. The van der Waals surface area contributed by atoms with Gasteiger partial charge >= 0.3 is 47.8 Å². The van der Waals surface area contributed by atoms with Gasteiger partial charge in [0, 0.05) is 33.4 Å². The number of phenols is 2. The molecule has 458 valence electrons. The van der Waals surface area contributed by atoms with Crippen LogP contribution in [0.3, 0.4) is 0 Å². The van der Waals surface area contributed by atoms with Gasteiger partial charge in [-0.2, -0.15) is 0 Å². The van der Waals surface area contributed by atoms with Crippen LogP contribution in [0.15, 0.2) is 34.9 Å². The van der Waals surface area contributed by atoms with Crippen LogP contribution in [-0.4, -0.2) is 129 Å². The molecule has 0 heterocycles. The summed E-state index contributed by atoms with van der Waals surface area (Å²) in [5.74, 6) is -5.97. The minimum absolute atomic E-state index is 0.00294. The van der Waals surface area contributed by atoms with Gasteiger partial charge < -0.3 is 76.5 Å². The quantitative estimate of drug-likeness (QED) is 0.0265. The lowest BCUT2D eigenvalue weighted by molar-refractivity contribution is -0.150. The SMILES string of the molecule is CC/C(C)=C/Cc1c(C)c(OC(=O)CC(=O)OC)c(OC)c(OC)c1O.COC(=O)CC(=O)Oc1c(C)c(CC=C(C)C)c(OC(=O)CC(=O)OC)c(OC)c1OC.COC(=O)CC(=O)Oc1c(CC=C(C)C)c(C)c(O)c(OC)c1OC. The maximum absolute atomic E-state index is 12.3. The third-order valence-electron chi connectivity index (χ3n) is 11.9. The molecule has 0 amide bonds. The van der Waals surface area contributed by atoms with Crippen LogP contribution in [0.25, 0.3) is 0 Å². The van der Waals surface area contributed by atoms with Crippen LogP contribution in [0.4, 0.5) is 0 Å². The molecule has 3 aromatic carbocycles. The van der Waals surface area contributed by atoms with Crippen molar-refractivity contribution in [1.29, 1.82) is 0 Å². The van der Waals surface area contributed by atoms with Gasteiger partial charge in [0.25, 0.3) is 0 Å². The van der Waals surface area contributed by atoms with Crippen molar-refractivity contribution in [3.63, 3.8) is 0 Å². The first-order valence-corrected chi connectivity index (χ1v) is 25.4. The van der Waals surface area contributed by atoms with Crippen LogP contribution in [0.1, 0.15) is 107 Å². The highest BCUT2D eigenvalue weighted by molar-refractivity contribution is 5.95. The van der Waals surface area contributed by atoms with Gasteiger partial charge in [0.15, 0.2) is 34.5 Å². The predicted molar refractivity (Wildman–Crippen MR) is 299 cm³/mol. The average Bonchev–Trinajstić information content (AvgIpc) is 3.47. The number of allylic oxidation sites excluding steroid dienone is 6. The molecule has 24 nitrogen and oxygen atoms in total. The van der Waals surface area contributed by atoms with Crippen LogP contribution < -0.4 is 47.4 Å². The smallest absolute Gasteiger partial charge is 0.322 e. The Balaban J connectivity index is 0.000000629. The van der Waals surface area contributed by atoms with E-state index in [0.29, 0.717) is 46.2 Å². The zero-order valence-electron chi connectivity index (χ0n) is 50.8. The van der Waals surface area contributed by atoms with Gasteiger partial charge in [-0.3, -0.25) is 38.4 Å². The van der Waals surface area contributed by atoms with E-state index in [9.17, 15) is 48.6 Å². The molecule has 0 saturated carbocycles. The van der Waals surface area contributed by atoms with Gasteiger partial charge in [-0.25, -0.2) is 0 Å². The Morgan fingerprint density at radius 1 is 0.337 bits per heavy atom. The van der Waals surface area contributed by atoms with Crippen molar-refractivity contribution in [2.75, 3.05) is 71.1 Å². The lowest BCUT2D eigenvalue weighted by atomic mass is 10.00. The number of phenolic OH excluding ortho intramolecular Hbond substituents is 2. The van der Waals surface area contributed by atoms with Crippen LogP contribution in [0.5, 0.6) is 69.0 Å². The Bertz CT molecular complexity index is 2920. The lowest BCUT2D eigenvalue weighted by Gasteiger charge is -2.22. The zero-order valence-corrected chi connectivity index (χ0v) is 50.8. The second kappa shape index (κ2) is 35.7. The fourth-order valence-electron chi connectivity index (χ4n) is 7.20. The minimum atomic E-state index is -0.871. The van der Waals surface area contributed by atoms with Gasteiger partial charge in [-0.15, -0.1) is 0 Å². The summed E-state index contributed by atoms with van der Waals surface area (Å²) in [6.45, 7) is 16.7. The van der Waals surface area contributed by atoms with Crippen LogP contribution in [0, 0.1) is 20.8 Å². The first kappa shape index (κ1) is 72.1. The Labute approximate surface area is 483 Å². The number of esters is 8. The monoisotopic (exact) mass is 1170 g/mol. The second-order valence-electron chi connectivity index (χ2n) is 18.0. The molecule has 0 aliphatic heterocycles. The Kier molecular flexibility index (Phi) is 31.0. The van der Waals surface area contributed by atoms with Crippen LogP contribution >= 0.6 is 0 Å². The predicted octanol–water partition coefficient (Wildman–Crippen LogP) is 8.24. The summed E-state index contributed by atoms with van der Waals surface area (Å²) in [6.07, 6.45) is 5.48. The molecule has 0 bridgehead atoms. The van der Waals surface area contributed by atoms with Crippen molar-refractivity contribution in [2.24, 2.45) is 0 Å². The summed E-state index contributed by atoms with van der Waals surface area (Å²) in [4.78, 5) is 94.0. The molecule has 83 heavy (non-hydrogen) atoms. The third kappa shape index (κ3) is 21.1. The molecule has 24 heteroatoms. The third-order valence-corrected chi connectivity index (χ3v) is 11.9. The highest BCUT2D eigenvalue weighted by Gasteiger charge is 2.31. The van der Waals surface area contributed by atoms with E-state index < -0.39 is 73.4 Å². The molecule has 3 aromatic rings. The van der Waals surface area contributed by atoms with Crippen molar-refractivity contribution in [3.05, 3.63) is 68.3 Å². The lowest BCUT2D eigenvalue weighted by Crippen LogP contribution is -2.18. The molecule has 0 saturated heterocycles. The molecule has 0 fully saturated rings. The van der Waals surface area contributed by atoms with E-state index >= 15 is 0 Å². The summed E-state index contributed by atoms with van der Waals surface area (Å²) in [7, 11) is 12.8. The van der Waals surface area contributed by atoms with E-state index in [1.54, 1.807) is 20.8 Å². The molecule has 0 atom stereocenters. The molecule has 0 aliphatic carbocycles. The Morgan fingerprint density at radius 2 is 0.602 bits per heavy atom. The number of benzene rings is 3. The van der Waals surface area contributed by atoms with Crippen molar-refractivity contribution in [3.8, 4) is 69.0 Å². The number of rotatable bonds is 25. The first-order chi connectivity index (χ1) is 39.1. The number of methoxy groups -OCH3 is 10. The maximum atomic E-state index is 12.3. The minimum Gasteiger partial charge on any atom is -0.504 e. The van der Waals surface area contributed by atoms with E-state index in [0.717, 1.165) is 37.4 Å². The topological polar surface area (TPSA) is 306 Å². The van der Waals surface area contributed by atoms with Crippen molar-refractivity contribution in [2.45, 2.75) is 114 Å². The maximum Gasteiger partial charge on any atom is 0.322 e. The standard InChI is InChI=1S/C22H28O10.C19H26O7.C18H24O7/c1-12(2)8-9-14-13(3)19(31-17(25)10-15(23)27-4)21(29-6)22(30-7)20(14)32-18(26)11-16(24)28-5;1-7-11(2)8-9-13-12(3)17(26-15(21)10-14(20)23-4)19(25-6)18(24-5)16(13)22;1-10(2)7-8-12-11(3)15(21)17(23-5)18(24-6)16(12)25-14(20)9-13(19)22-4/h8H,9-11H2,1-7H3;8,22H,7,9-10H2,1-6H3;7,21H,8-9H2,1-6H3/b;11-8+;. The van der Waals surface area contributed by atoms with Crippen molar-refractivity contribution in [1.82, 2.24) is 0 Å². The Morgan fingerprint density at radius 3 is 0.916 bits per heavy atom. The van der Waals surface area contributed by atoms with Crippen LogP contribution in [0.2, 0.25) is 0 Å². The number of hydrogen-bond acceptors (Lipinski definition) is 24. The molecule has 0 aliphatic rings. The van der Waals surface area contributed by atoms with E-state index in [4.69, 9.17) is 47.4 Å². The highest BCUT2D eigenvalue weighted by Crippen LogP contribution is 2.52. The molecular formula is C59H78O24. The molecular weight excluding hydrogens is 1090 g/mol. The number of carbonyl (C=O) groups excluding carboxylic acids is 8. The first-order valence-electron chi connectivity index (χ1n) is 25.4. The van der Waals surface area contributed by atoms with Gasteiger partial charge in [-0.1, -0.05) is 41.9 Å². The fourth-order valence-corrected chi connectivity index (χ4v) is 7.20. The average molecular weight is 1170 g/mol.